The SMILES string of the molecule is C#CCC(NC(=O)N(C)CCOCC)C(=O)O. The summed E-state index contributed by atoms with van der Waals surface area (Å²) in [4.78, 5) is 23.7. The summed E-state index contributed by atoms with van der Waals surface area (Å²) in [6.07, 6.45) is 4.98. The number of terminal acetylenes is 1. The normalized spacial score (nSPS) is 11.4. The van der Waals surface area contributed by atoms with Gasteiger partial charge in [0.05, 0.1) is 6.61 Å². The summed E-state index contributed by atoms with van der Waals surface area (Å²) >= 11 is 0. The summed E-state index contributed by atoms with van der Waals surface area (Å²) in [5.74, 6) is 1.06. The molecule has 0 aromatic rings. The van der Waals surface area contributed by atoms with Gasteiger partial charge in [0, 0.05) is 26.6 Å². The van der Waals surface area contributed by atoms with Crippen molar-refractivity contribution < 1.29 is 19.4 Å². The van der Waals surface area contributed by atoms with E-state index in [1.54, 1.807) is 7.05 Å². The van der Waals surface area contributed by atoms with Crippen LogP contribution in [0.3, 0.4) is 0 Å². The lowest BCUT2D eigenvalue weighted by atomic mass is 10.2. The minimum Gasteiger partial charge on any atom is -0.480 e. The summed E-state index contributed by atoms with van der Waals surface area (Å²) in [5.41, 5.74) is 0. The molecule has 0 saturated heterocycles. The highest BCUT2D eigenvalue weighted by Gasteiger charge is 2.20. The van der Waals surface area contributed by atoms with Gasteiger partial charge in [0.1, 0.15) is 6.04 Å². The number of likely N-dealkylation sites (N-methyl/N-ethyl adjacent to an activating group) is 1. The van der Waals surface area contributed by atoms with Gasteiger partial charge in [-0.05, 0) is 6.92 Å². The van der Waals surface area contributed by atoms with Gasteiger partial charge < -0.3 is 20.1 Å². The molecule has 0 aromatic heterocycles. The van der Waals surface area contributed by atoms with Crippen molar-refractivity contribution in [2.24, 2.45) is 0 Å². The molecular weight excluding hydrogens is 224 g/mol. The zero-order valence-corrected chi connectivity index (χ0v) is 10.1. The van der Waals surface area contributed by atoms with Crippen molar-refractivity contribution in [1.29, 1.82) is 0 Å². The molecule has 0 spiro atoms. The average Bonchev–Trinajstić information content (AvgIpc) is 2.28. The van der Waals surface area contributed by atoms with Gasteiger partial charge >= 0.3 is 12.0 Å². The fraction of sp³-hybridized carbons (Fsp3) is 0.636. The Hall–Kier alpha value is -1.74. The van der Waals surface area contributed by atoms with Crippen LogP contribution in [0.5, 0.6) is 0 Å². The maximum Gasteiger partial charge on any atom is 0.327 e. The Balaban J connectivity index is 4.12. The number of rotatable bonds is 7. The zero-order chi connectivity index (χ0) is 13.3. The molecule has 2 N–H and O–H groups in total. The zero-order valence-electron chi connectivity index (χ0n) is 10.1. The highest BCUT2D eigenvalue weighted by atomic mass is 16.5. The Morgan fingerprint density at radius 1 is 1.59 bits per heavy atom. The number of carbonyl (C=O) groups excluding carboxylic acids is 1. The fourth-order valence-electron chi connectivity index (χ4n) is 1.02. The molecule has 0 aliphatic heterocycles. The molecule has 17 heavy (non-hydrogen) atoms. The topological polar surface area (TPSA) is 78.9 Å². The van der Waals surface area contributed by atoms with E-state index < -0.39 is 18.0 Å². The minimum absolute atomic E-state index is 0.0413. The molecule has 96 valence electrons. The van der Waals surface area contributed by atoms with E-state index in [0.717, 1.165) is 0 Å². The van der Waals surface area contributed by atoms with Crippen LogP contribution >= 0.6 is 0 Å². The number of aliphatic carboxylic acids is 1. The molecule has 6 nitrogen and oxygen atoms in total. The van der Waals surface area contributed by atoms with E-state index in [0.29, 0.717) is 19.8 Å². The second-order valence-electron chi connectivity index (χ2n) is 3.37. The van der Waals surface area contributed by atoms with E-state index in [1.807, 2.05) is 6.92 Å². The third-order valence-electron chi connectivity index (χ3n) is 2.04. The smallest absolute Gasteiger partial charge is 0.327 e. The van der Waals surface area contributed by atoms with Gasteiger partial charge in [0.25, 0.3) is 0 Å². The summed E-state index contributed by atoms with van der Waals surface area (Å²) in [5, 5.41) is 11.1. The van der Waals surface area contributed by atoms with Gasteiger partial charge in [0.2, 0.25) is 0 Å². The third kappa shape index (κ3) is 6.43. The summed E-state index contributed by atoms with van der Waals surface area (Å²) < 4.78 is 5.08. The maximum atomic E-state index is 11.6. The monoisotopic (exact) mass is 242 g/mol. The Morgan fingerprint density at radius 2 is 2.24 bits per heavy atom. The standard InChI is InChI=1S/C11H18N2O4/c1-4-6-9(10(14)15)12-11(16)13(3)7-8-17-5-2/h1,9H,5-8H2,2-3H3,(H,12,16)(H,14,15). The predicted molar refractivity (Wildman–Crippen MR) is 62.5 cm³/mol. The second kappa shape index (κ2) is 8.42. The number of nitrogens with one attached hydrogen (secondary N) is 1. The third-order valence-corrected chi connectivity index (χ3v) is 2.04. The van der Waals surface area contributed by atoms with Gasteiger partial charge in [-0.1, -0.05) is 0 Å². The van der Waals surface area contributed by atoms with Crippen LogP contribution in [0.4, 0.5) is 4.79 Å². The number of carbonyl (C=O) groups is 2. The molecule has 0 fully saturated rings. The molecule has 0 rings (SSSR count). The quantitative estimate of drug-likeness (QED) is 0.491. The number of carboxylic acids is 1. The van der Waals surface area contributed by atoms with Crippen molar-refractivity contribution in [2.75, 3.05) is 26.8 Å². The molecule has 0 heterocycles. The van der Waals surface area contributed by atoms with Crippen molar-refractivity contribution in [3.8, 4) is 12.3 Å². The van der Waals surface area contributed by atoms with Gasteiger partial charge in [0.15, 0.2) is 0 Å². The van der Waals surface area contributed by atoms with Crippen molar-refractivity contribution >= 4 is 12.0 Å². The van der Waals surface area contributed by atoms with E-state index in [-0.39, 0.29) is 6.42 Å². The van der Waals surface area contributed by atoms with Crippen LogP contribution in [-0.2, 0) is 9.53 Å². The number of nitrogens with zero attached hydrogens (tertiary/aromatic N) is 1. The maximum absolute atomic E-state index is 11.6. The summed E-state index contributed by atoms with van der Waals surface area (Å²) in [6, 6.07) is -1.53. The van der Waals surface area contributed by atoms with E-state index in [4.69, 9.17) is 16.3 Å². The molecular formula is C11H18N2O4. The largest absolute Gasteiger partial charge is 0.480 e. The highest BCUT2D eigenvalue weighted by Crippen LogP contribution is 1.94. The first-order valence-corrected chi connectivity index (χ1v) is 5.28. The molecule has 1 atom stereocenters. The lowest BCUT2D eigenvalue weighted by molar-refractivity contribution is -0.139. The van der Waals surface area contributed by atoms with Crippen LogP contribution in [-0.4, -0.2) is 54.9 Å². The van der Waals surface area contributed by atoms with Gasteiger partial charge in [-0.2, -0.15) is 0 Å². The van der Waals surface area contributed by atoms with Crippen molar-refractivity contribution in [2.45, 2.75) is 19.4 Å². The van der Waals surface area contributed by atoms with Crippen LogP contribution in [0, 0.1) is 12.3 Å². The number of urea groups is 1. The van der Waals surface area contributed by atoms with Crippen molar-refractivity contribution in [3.05, 3.63) is 0 Å². The molecule has 0 aliphatic rings. The van der Waals surface area contributed by atoms with Crippen molar-refractivity contribution in [1.82, 2.24) is 10.2 Å². The van der Waals surface area contributed by atoms with Gasteiger partial charge in [-0.25, -0.2) is 9.59 Å². The number of carboxylic acid groups (broad SMARTS) is 1. The number of hydrogen-bond acceptors (Lipinski definition) is 3. The summed E-state index contributed by atoms with van der Waals surface area (Å²) in [6.45, 7) is 3.23. The lowest BCUT2D eigenvalue weighted by Crippen LogP contribution is -2.47. The number of hydrogen-bond donors (Lipinski definition) is 2. The van der Waals surface area contributed by atoms with E-state index in [1.165, 1.54) is 4.90 Å². The van der Waals surface area contributed by atoms with Crippen molar-refractivity contribution in [3.63, 3.8) is 0 Å². The van der Waals surface area contributed by atoms with Crippen LogP contribution < -0.4 is 5.32 Å². The first-order chi connectivity index (χ1) is 8.02. The molecule has 2 amide bonds. The Labute approximate surface area is 101 Å². The number of amides is 2. The van der Waals surface area contributed by atoms with Gasteiger partial charge in [-0.3, -0.25) is 0 Å². The minimum atomic E-state index is -1.14. The molecule has 1 unspecified atom stereocenters. The molecule has 0 saturated carbocycles. The number of ether oxygens (including phenoxy) is 1. The first kappa shape index (κ1) is 15.3. The van der Waals surface area contributed by atoms with E-state index in [2.05, 4.69) is 11.2 Å². The first-order valence-electron chi connectivity index (χ1n) is 5.28. The Morgan fingerprint density at radius 3 is 2.71 bits per heavy atom. The fourth-order valence-corrected chi connectivity index (χ4v) is 1.02. The van der Waals surface area contributed by atoms with Crippen LogP contribution in [0.25, 0.3) is 0 Å². The highest BCUT2D eigenvalue weighted by molar-refractivity contribution is 5.82. The van der Waals surface area contributed by atoms with Crippen LogP contribution in [0.2, 0.25) is 0 Å². The second-order valence-corrected chi connectivity index (χ2v) is 3.37. The molecule has 0 aromatic carbocycles. The van der Waals surface area contributed by atoms with Crippen LogP contribution in [0.1, 0.15) is 13.3 Å². The molecule has 0 aliphatic carbocycles. The lowest BCUT2D eigenvalue weighted by Gasteiger charge is -2.20. The van der Waals surface area contributed by atoms with Gasteiger partial charge in [-0.15, -0.1) is 12.3 Å². The molecule has 0 radical (unpaired) electrons. The van der Waals surface area contributed by atoms with Crippen LogP contribution in [0.15, 0.2) is 0 Å². The summed E-state index contributed by atoms with van der Waals surface area (Å²) in [7, 11) is 1.56. The average molecular weight is 242 g/mol. The molecule has 6 heteroatoms. The Bertz CT molecular complexity index is 298. The Kier molecular flexibility index (Phi) is 7.55. The predicted octanol–water partition coefficient (Wildman–Crippen LogP) is 0.141. The van der Waals surface area contributed by atoms with E-state index in [9.17, 15) is 9.59 Å². The molecule has 0 bridgehead atoms. The van der Waals surface area contributed by atoms with E-state index >= 15 is 0 Å².